The van der Waals surface area contributed by atoms with Crippen LogP contribution in [0.4, 0.5) is 0 Å². The molecule has 1 aliphatic carbocycles. The van der Waals surface area contributed by atoms with E-state index in [1.807, 2.05) is 0 Å². The minimum absolute atomic E-state index is 0.162. The Balaban J connectivity index is 1.96. The second-order valence-electron chi connectivity index (χ2n) is 4.95. The standard InChI is InChI=1S/C14H18N2O3/c15-11(9-6-7-9)8-12(17)16-13(14(18)19)10-4-2-1-3-5-10/h1-5,9,11,13H,6-8,15H2,(H,16,17)(H,18,19)/t11?,13-/m0/s1. The molecule has 1 saturated carbocycles. The molecule has 1 aromatic carbocycles. The highest BCUT2D eigenvalue weighted by atomic mass is 16.4. The van der Waals surface area contributed by atoms with Crippen molar-refractivity contribution < 1.29 is 14.7 Å². The van der Waals surface area contributed by atoms with Gasteiger partial charge < -0.3 is 16.2 Å². The van der Waals surface area contributed by atoms with Gasteiger partial charge in [0.2, 0.25) is 5.91 Å². The van der Waals surface area contributed by atoms with Crippen molar-refractivity contribution in [2.75, 3.05) is 0 Å². The Morgan fingerprint density at radius 3 is 2.47 bits per heavy atom. The summed E-state index contributed by atoms with van der Waals surface area (Å²) in [4.78, 5) is 23.0. The number of hydrogen-bond donors (Lipinski definition) is 3. The van der Waals surface area contributed by atoms with E-state index in [1.165, 1.54) is 0 Å². The molecule has 4 N–H and O–H groups in total. The fraction of sp³-hybridized carbons (Fsp3) is 0.429. The molecule has 5 heteroatoms. The Morgan fingerprint density at radius 2 is 1.95 bits per heavy atom. The van der Waals surface area contributed by atoms with Crippen molar-refractivity contribution >= 4 is 11.9 Å². The van der Waals surface area contributed by atoms with Crippen LogP contribution in [0.15, 0.2) is 30.3 Å². The molecule has 0 saturated heterocycles. The van der Waals surface area contributed by atoms with Crippen molar-refractivity contribution in [1.29, 1.82) is 0 Å². The number of carbonyl (C=O) groups excluding carboxylic acids is 1. The van der Waals surface area contributed by atoms with Gasteiger partial charge in [0.15, 0.2) is 6.04 Å². The summed E-state index contributed by atoms with van der Waals surface area (Å²) in [6, 6.07) is 7.47. The Morgan fingerprint density at radius 1 is 1.32 bits per heavy atom. The van der Waals surface area contributed by atoms with Crippen LogP contribution < -0.4 is 11.1 Å². The Hall–Kier alpha value is -1.88. The lowest BCUT2D eigenvalue weighted by atomic mass is 10.1. The summed E-state index contributed by atoms with van der Waals surface area (Å²) in [6.45, 7) is 0. The second kappa shape index (κ2) is 5.84. The molecule has 102 valence electrons. The predicted molar refractivity (Wildman–Crippen MR) is 70.3 cm³/mol. The van der Waals surface area contributed by atoms with Crippen LogP contribution in [0.25, 0.3) is 0 Å². The minimum Gasteiger partial charge on any atom is -0.479 e. The lowest BCUT2D eigenvalue weighted by Gasteiger charge is -2.16. The number of carboxylic acid groups (broad SMARTS) is 1. The summed E-state index contributed by atoms with van der Waals surface area (Å²) in [5, 5.41) is 11.7. The van der Waals surface area contributed by atoms with Crippen molar-refractivity contribution in [2.45, 2.75) is 31.3 Å². The lowest BCUT2D eigenvalue weighted by molar-refractivity contribution is -0.142. The van der Waals surface area contributed by atoms with Gasteiger partial charge in [0.05, 0.1) is 0 Å². The fourth-order valence-corrected chi connectivity index (χ4v) is 2.06. The Kier molecular flexibility index (Phi) is 4.16. The van der Waals surface area contributed by atoms with Crippen molar-refractivity contribution in [2.24, 2.45) is 11.7 Å². The van der Waals surface area contributed by atoms with E-state index >= 15 is 0 Å². The maximum absolute atomic E-state index is 11.8. The number of rotatable bonds is 6. The maximum Gasteiger partial charge on any atom is 0.330 e. The van der Waals surface area contributed by atoms with E-state index in [0.29, 0.717) is 11.5 Å². The van der Waals surface area contributed by atoms with E-state index < -0.39 is 12.0 Å². The van der Waals surface area contributed by atoms with Gasteiger partial charge >= 0.3 is 5.97 Å². The van der Waals surface area contributed by atoms with E-state index in [0.717, 1.165) is 12.8 Å². The third kappa shape index (κ3) is 3.79. The highest BCUT2D eigenvalue weighted by molar-refractivity contribution is 5.84. The first-order chi connectivity index (χ1) is 9.08. The Labute approximate surface area is 111 Å². The van der Waals surface area contributed by atoms with Crippen LogP contribution in [-0.2, 0) is 9.59 Å². The van der Waals surface area contributed by atoms with Gasteiger partial charge in [-0.3, -0.25) is 4.79 Å². The van der Waals surface area contributed by atoms with Crippen molar-refractivity contribution in [3.8, 4) is 0 Å². The van der Waals surface area contributed by atoms with Crippen LogP contribution >= 0.6 is 0 Å². The number of carbonyl (C=O) groups is 2. The zero-order valence-corrected chi connectivity index (χ0v) is 10.6. The van der Waals surface area contributed by atoms with Crippen molar-refractivity contribution in [3.63, 3.8) is 0 Å². The second-order valence-corrected chi connectivity index (χ2v) is 4.95. The number of aliphatic carboxylic acids is 1. The largest absolute Gasteiger partial charge is 0.479 e. The normalized spacial score (nSPS) is 17.5. The molecule has 0 bridgehead atoms. The quantitative estimate of drug-likeness (QED) is 0.714. The first-order valence-corrected chi connectivity index (χ1v) is 6.40. The monoisotopic (exact) mass is 262 g/mol. The van der Waals surface area contributed by atoms with Crippen LogP contribution in [0.5, 0.6) is 0 Å². The van der Waals surface area contributed by atoms with Crippen molar-refractivity contribution in [3.05, 3.63) is 35.9 Å². The lowest BCUT2D eigenvalue weighted by Crippen LogP contribution is -2.37. The molecule has 1 aliphatic rings. The molecule has 1 fully saturated rings. The van der Waals surface area contributed by atoms with Gasteiger partial charge in [-0.1, -0.05) is 30.3 Å². The van der Waals surface area contributed by atoms with Crippen molar-refractivity contribution in [1.82, 2.24) is 5.32 Å². The molecule has 0 heterocycles. The van der Waals surface area contributed by atoms with E-state index in [1.54, 1.807) is 30.3 Å². The smallest absolute Gasteiger partial charge is 0.330 e. The van der Waals surface area contributed by atoms with Crippen LogP contribution in [-0.4, -0.2) is 23.0 Å². The molecule has 2 rings (SSSR count). The molecular weight excluding hydrogens is 244 g/mol. The first kappa shape index (κ1) is 13.5. The summed E-state index contributed by atoms with van der Waals surface area (Å²) >= 11 is 0. The van der Waals surface area contributed by atoms with Gasteiger partial charge in [-0.25, -0.2) is 4.79 Å². The molecule has 1 aromatic rings. The van der Waals surface area contributed by atoms with E-state index in [2.05, 4.69) is 5.32 Å². The molecule has 2 atom stereocenters. The van der Waals surface area contributed by atoms with Crippen LogP contribution in [0.2, 0.25) is 0 Å². The van der Waals surface area contributed by atoms with Crippen LogP contribution in [0.3, 0.4) is 0 Å². The molecule has 0 radical (unpaired) electrons. The molecule has 19 heavy (non-hydrogen) atoms. The highest BCUT2D eigenvalue weighted by Crippen LogP contribution is 2.32. The molecule has 5 nitrogen and oxygen atoms in total. The van der Waals surface area contributed by atoms with Crippen LogP contribution in [0.1, 0.15) is 30.9 Å². The zero-order chi connectivity index (χ0) is 13.8. The first-order valence-electron chi connectivity index (χ1n) is 6.40. The average Bonchev–Trinajstić information content (AvgIpc) is 3.21. The summed E-state index contributed by atoms with van der Waals surface area (Å²) < 4.78 is 0. The number of benzene rings is 1. The van der Waals surface area contributed by atoms with Gasteiger partial charge in [0, 0.05) is 12.5 Å². The number of nitrogens with one attached hydrogen (secondary N) is 1. The number of hydrogen-bond acceptors (Lipinski definition) is 3. The number of carboxylic acids is 1. The number of nitrogens with two attached hydrogens (primary N) is 1. The summed E-state index contributed by atoms with van der Waals surface area (Å²) in [5.74, 6) is -0.957. The van der Waals surface area contributed by atoms with Gasteiger partial charge in [-0.15, -0.1) is 0 Å². The maximum atomic E-state index is 11.8. The molecule has 0 aliphatic heterocycles. The van der Waals surface area contributed by atoms with Gasteiger partial charge in [-0.05, 0) is 24.3 Å². The Bertz CT molecular complexity index is 457. The molecule has 0 spiro atoms. The predicted octanol–water partition coefficient (Wildman–Crippen LogP) is 1.06. The summed E-state index contributed by atoms with van der Waals surface area (Å²) in [5.41, 5.74) is 6.42. The molecular formula is C14H18N2O3. The minimum atomic E-state index is -1.07. The zero-order valence-electron chi connectivity index (χ0n) is 10.6. The van der Waals surface area contributed by atoms with E-state index in [-0.39, 0.29) is 18.4 Å². The molecule has 1 amide bonds. The summed E-state index contributed by atoms with van der Waals surface area (Å²) in [7, 11) is 0. The molecule has 0 aromatic heterocycles. The number of amides is 1. The topological polar surface area (TPSA) is 92.4 Å². The van der Waals surface area contributed by atoms with Gasteiger partial charge in [0.1, 0.15) is 0 Å². The van der Waals surface area contributed by atoms with Gasteiger partial charge in [-0.2, -0.15) is 0 Å². The average molecular weight is 262 g/mol. The SMILES string of the molecule is NC(CC(=O)N[C@H](C(=O)O)c1ccccc1)C1CC1. The summed E-state index contributed by atoms with van der Waals surface area (Å²) in [6.07, 6.45) is 2.31. The third-order valence-electron chi connectivity index (χ3n) is 3.33. The fourth-order valence-electron chi connectivity index (χ4n) is 2.06. The van der Waals surface area contributed by atoms with Gasteiger partial charge in [0.25, 0.3) is 0 Å². The molecule has 1 unspecified atom stereocenters. The van der Waals surface area contributed by atoms with E-state index in [4.69, 9.17) is 5.73 Å². The third-order valence-corrected chi connectivity index (χ3v) is 3.33. The van der Waals surface area contributed by atoms with E-state index in [9.17, 15) is 14.7 Å². The highest BCUT2D eigenvalue weighted by Gasteiger charge is 2.31. The van der Waals surface area contributed by atoms with Crippen LogP contribution in [0, 0.1) is 5.92 Å².